The number of carbonyl (C=O) groups is 2. The molecule has 2 saturated heterocycles. The number of ether oxygens (including phenoxy) is 3. The number of terminal acetylenes is 3. The molecule has 0 bridgehead atoms. The summed E-state index contributed by atoms with van der Waals surface area (Å²) < 4.78 is 19.0. The minimum absolute atomic E-state index is 0.0172. The molecule has 3 heterocycles. The van der Waals surface area contributed by atoms with Crippen LogP contribution in [0.15, 0.2) is 24.3 Å². The number of nitrogens with two attached hydrogens (primary N) is 2. The van der Waals surface area contributed by atoms with Crippen molar-refractivity contribution in [2.24, 2.45) is 40.6 Å². The Balaban J connectivity index is 0.00000100. The molecule has 0 amide bonds. The number of H-pyrrole nitrogens is 1. The van der Waals surface area contributed by atoms with Crippen LogP contribution < -0.4 is 11.5 Å². The molecule has 60 heavy (non-hydrogen) atoms. The Hall–Kier alpha value is -3.37. The van der Waals surface area contributed by atoms with Gasteiger partial charge in [0.05, 0.1) is 40.5 Å². The fourth-order valence-corrected chi connectivity index (χ4v) is 12.1. The number of ketones is 1. The number of carbonyl (C=O) groups excluding carboxylic acids is 2. The molecule has 2 aliphatic heterocycles. The smallest absolute Gasteiger partial charge is 0.171 e. The van der Waals surface area contributed by atoms with Gasteiger partial charge >= 0.3 is 0 Å². The number of aliphatic hydroxyl groups excluding tert-OH is 1. The third kappa shape index (κ3) is 9.65. The van der Waals surface area contributed by atoms with Crippen LogP contribution in [0, 0.1) is 67.6 Å². The molecule has 0 radical (unpaired) electrons. The summed E-state index contributed by atoms with van der Waals surface area (Å²) in [4.78, 5) is 26.2. The van der Waals surface area contributed by atoms with Crippen molar-refractivity contribution in [2.75, 3.05) is 20.1 Å². The lowest BCUT2D eigenvalue weighted by Crippen LogP contribution is -2.64. The van der Waals surface area contributed by atoms with Crippen molar-refractivity contribution in [1.29, 1.82) is 0 Å². The maximum atomic E-state index is 14.2. The van der Waals surface area contributed by atoms with Gasteiger partial charge in [0.15, 0.2) is 5.78 Å². The molecular weight excluding hydrogens is 771 g/mol. The summed E-state index contributed by atoms with van der Waals surface area (Å²) in [5.41, 5.74) is 16.7. The van der Waals surface area contributed by atoms with E-state index in [0.29, 0.717) is 30.1 Å². The number of Topliss-reactive ketones (excluding diaryl/α,β-unsaturated/α-hetero) is 1. The number of fused-ring (bicyclic) bond motifs is 12. The summed E-state index contributed by atoms with van der Waals surface area (Å²) in [6, 6.07) is 4.21. The number of hydrogen-bond donors (Lipinski definition) is 5. The average Bonchev–Trinajstić information content (AvgIpc) is 3.82. The summed E-state index contributed by atoms with van der Waals surface area (Å²) in [6.07, 6.45) is 34.6. The Morgan fingerprint density at radius 1 is 0.967 bits per heavy atom. The highest BCUT2D eigenvalue weighted by atomic mass is 32.1. The number of allylic oxidation sites excluding steroid dienone is 1. The number of thiol groups is 1. The van der Waals surface area contributed by atoms with Crippen LogP contribution in [-0.2, 0) is 31.8 Å². The van der Waals surface area contributed by atoms with Gasteiger partial charge in [-0.1, -0.05) is 12.5 Å². The third-order valence-electron chi connectivity index (χ3n) is 14.0. The lowest BCUT2D eigenvalue weighted by atomic mass is 9.49. The minimum Gasteiger partial charge on any atom is -0.372 e. The van der Waals surface area contributed by atoms with Crippen LogP contribution >= 0.6 is 12.6 Å². The van der Waals surface area contributed by atoms with E-state index in [4.69, 9.17) is 24.7 Å². The molecule has 1 aromatic carbocycles. The van der Waals surface area contributed by atoms with Gasteiger partial charge < -0.3 is 40.6 Å². The first-order valence-electron chi connectivity index (χ1n) is 20.9. The van der Waals surface area contributed by atoms with E-state index in [1.54, 1.807) is 6.26 Å². The van der Waals surface area contributed by atoms with E-state index in [1.807, 2.05) is 48.3 Å². The molecule has 6 unspecified atom stereocenters. The van der Waals surface area contributed by atoms with Gasteiger partial charge in [-0.2, -0.15) is 12.6 Å². The van der Waals surface area contributed by atoms with E-state index in [1.165, 1.54) is 42.1 Å². The van der Waals surface area contributed by atoms with Crippen molar-refractivity contribution in [3.8, 4) is 38.5 Å². The fraction of sp³-hybridized carbons (Fsp3) is 0.640. The highest BCUT2D eigenvalue weighted by molar-refractivity contribution is 7.79. The second kappa shape index (κ2) is 22.1. The summed E-state index contributed by atoms with van der Waals surface area (Å²) in [7, 11) is 1.50. The zero-order chi connectivity index (χ0) is 46.8. The zero-order valence-corrected chi connectivity index (χ0v) is 39.4. The van der Waals surface area contributed by atoms with Crippen molar-refractivity contribution >= 4 is 36.1 Å². The van der Waals surface area contributed by atoms with E-state index >= 15 is 0 Å². The van der Waals surface area contributed by atoms with Crippen LogP contribution in [0.25, 0.3) is 10.9 Å². The number of benzene rings is 1. The van der Waals surface area contributed by atoms with E-state index in [9.17, 15) is 9.90 Å². The molecule has 4 aliphatic carbocycles. The maximum Gasteiger partial charge on any atom is 0.171 e. The number of aliphatic hydroxyl groups is 1. The third-order valence-corrected chi connectivity index (χ3v) is 14.0. The predicted molar refractivity (Wildman–Crippen MR) is 252 cm³/mol. The highest BCUT2D eigenvalue weighted by Crippen LogP contribution is 2.66. The number of nitrogens with one attached hydrogen (secondary N) is 1. The van der Waals surface area contributed by atoms with Gasteiger partial charge in [-0.15, -0.1) is 45.1 Å². The molecule has 6 aliphatic rings. The molecule has 0 spiro atoms. The van der Waals surface area contributed by atoms with Crippen molar-refractivity contribution < 1.29 is 28.9 Å². The molecule has 9 nitrogen and oxygen atoms in total. The second-order valence-electron chi connectivity index (χ2n) is 18.4. The van der Waals surface area contributed by atoms with Crippen molar-refractivity contribution in [1.82, 2.24) is 4.98 Å². The summed E-state index contributed by atoms with van der Waals surface area (Å²) >= 11 is 3.53. The fourth-order valence-electron chi connectivity index (χ4n) is 12.1. The largest absolute Gasteiger partial charge is 0.372 e. The lowest BCUT2D eigenvalue weighted by molar-refractivity contribution is -0.227. The monoisotopic (exact) mass is 848 g/mol. The molecule has 4 fully saturated rings. The minimum atomic E-state index is -0.754. The van der Waals surface area contributed by atoms with Crippen LogP contribution in [-0.4, -0.2) is 77.3 Å². The standard InChI is InChI=1S/C37H52N2O5.C4H8.3C2H2.CH5N.CH2O.CH4S/c1-33(2,42-18-40)27-13-10-21-24-11-8-19-16-22-28-23-17-37(38)32(34(3,4)44-35(37,5)6)31(41)20(23)9-12-25(28)39-30(22)29(19)36(24,7)15-14-26(21)43-27;1-4(2)3;6*1-2/h9,12,19,21,24,26-27,29,32,39-40H,8,10-11,13-18,38H2,1-7H3;1H2,2-3H3;3*1-2H;2H2,1H3;1H2;2H,1H3/t19?,21?,24?,26?,27-,29?,32?,36-,37-;;;;;;;/m0......./s1. The van der Waals surface area contributed by atoms with Crippen molar-refractivity contribution in [3.05, 3.63) is 46.7 Å². The van der Waals surface area contributed by atoms with Gasteiger partial charge in [0.25, 0.3) is 0 Å². The Morgan fingerprint density at radius 2 is 1.53 bits per heavy atom. The quantitative estimate of drug-likeness (QED) is 0.0895. The van der Waals surface area contributed by atoms with Gasteiger partial charge in [0, 0.05) is 28.1 Å². The van der Waals surface area contributed by atoms with Crippen LogP contribution in [0.2, 0.25) is 0 Å². The first-order chi connectivity index (χ1) is 28.4. The number of rotatable bonds is 3. The maximum absolute atomic E-state index is 14.2. The number of aromatic amines is 1. The molecule has 10 heteroatoms. The van der Waals surface area contributed by atoms with Gasteiger partial charge in [0.1, 0.15) is 13.6 Å². The zero-order valence-electron chi connectivity index (χ0n) is 38.5. The molecule has 6 N–H and O–H groups in total. The summed E-state index contributed by atoms with van der Waals surface area (Å²) in [5.74, 6) is 2.10. The van der Waals surface area contributed by atoms with Crippen molar-refractivity contribution in [2.45, 2.75) is 154 Å². The van der Waals surface area contributed by atoms with Gasteiger partial charge in [-0.25, -0.2) is 0 Å². The van der Waals surface area contributed by atoms with Crippen LogP contribution in [0.4, 0.5) is 0 Å². The molecule has 2 saturated carbocycles. The SMILES string of the molecule is C#C.C#C.C#C.C=C(C)C.C=O.CC1(C)OC(C)(C)[C@]2(N)Cc3c(ccc4[nH]c5c(c34)CC3CCC4C6CC[C@@H](C(C)(C)OCO)OC6CC[C@]4(C)C53)C(=O)C12.CN.CS. The number of aromatic nitrogens is 1. The predicted octanol–water partition coefficient (Wildman–Crippen LogP) is 8.45. The van der Waals surface area contributed by atoms with Gasteiger partial charge in [-0.3, -0.25) is 4.79 Å². The average molecular weight is 848 g/mol. The van der Waals surface area contributed by atoms with E-state index in [0.717, 1.165) is 48.7 Å². The van der Waals surface area contributed by atoms with Crippen LogP contribution in [0.1, 0.15) is 134 Å². The summed E-state index contributed by atoms with van der Waals surface area (Å²) in [6.45, 7) is 24.1. The molecule has 9 atom stereocenters. The summed E-state index contributed by atoms with van der Waals surface area (Å²) in [5, 5.41) is 10.7. The Morgan fingerprint density at radius 3 is 2.08 bits per heavy atom. The molecule has 8 rings (SSSR count). The molecule has 334 valence electrons. The Labute approximate surface area is 368 Å². The first-order valence-corrected chi connectivity index (χ1v) is 21.8. The normalized spacial score (nSPS) is 31.5. The topological polar surface area (TPSA) is 150 Å². The van der Waals surface area contributed by atoms with E-state index < -0.39 is 22.3 Å². The molecular formula is C50H77N3O6S. The molecule has 1 aromatic heterocycles. The van der Waals surface area contributed by atoms with Gasteiger partial charge in [-0.05, 0) is 166 Å². The number of hydrogen-bond acceptors (Lipinski definition) is 9. The molecule has 2 aromatic rings. The van der Waals surface area contributed by atoms with E-state index in [-0.39, 0.29) is 36.1 Å². The Bertz CT molecular complexity index is 1790. The van der Waals surface area contributed by atoms with Crippen molar-refractivity contribution in [3.63, 3.8) is 0 Å². The Kier molecular flexibility index (Phi) is 20.1. The highest BCUT2D eigenvalue weighted by Gasteiger charge is 2.67. The first kappa shape index (κ1) is 54.6. The second-order valence-corrected chi connectivity index (χ2v) is 18.4. The van der Waals surface area contributed by atoms with Crippen LogP contribution in [0.3, 0.4) is 0 Å². The van der Waals surface area contributed by atoms with E-state index in [2.05, 4.69) is 101 Å². The van der Waals surface area contributed by atoms with Crippen LogP contribution in [0.5, 0.6) is 0 Å². The van der Waals surface area contributed by atoms with Gasteiger partial charge in [0.2, 0.25) is 0 Å². The lowest BCUT2D eigenvalue weighted by Gasteiger charge is -2.59.